The highest BCUT2D eigenvalue weighted by Gasteiger charge is 2.45. The Morgan fingerprint density at radius 3 is 1.23 bits per heavy atom. The fourth-order valence-electron chi connectivity index (χ4n) is 14.5. The van der Waals surface area contributed by atoms with E-state index in [4.69, 9.17) is 0 Å². The zero-order chi connectivity index (χ0) is 44.1. The molecule has 0 radical (unpaired) electrons. The predicted molar refractivity (Wildman–Crippen MR) is 295 cm³/mol. The largest absolute Gasteiger partial charge is 0.309 e. The number of rotatable bonds is 0. The molecule has 0 unspecified atom stereocenters. The molecule has 0 bridgehead atoms. The molecule has 69 heavy (non-hydrogen) atoms. The Morgan fingerprint density at radius 2 is 0.638 bits per heavy atom. The van der Waals surface area contributed by atoms with E-state index in [0.29, 0.717) is 0 Å². The first-order valence-corrected chi connectivity index (χ1v) is 26.5. The van der Waals surface area contributed by atoms with Crippen molar-refractivity contribution in [1.29, 1.82) is 0 Å². The van der Waals surface area contributed by atoms with Crippen molar-refractivity contribution in [2.45, 2.75) is 29.4 Å². The Bertz CT molecular complexity index is 4700. The van der Waals surface area contributed by atoms with Crippen molar-refractivity contribution in [1.82, 2.24) is 13.7 Å². The number of nitrogens with zero attached hydrogens (tertiary/aromatic N) is 3. The summed E-state index contributed by atoms with van der Waals surface area (Å²) in [5.41, 5.74) is 24.5. The van der Waals surface area contributed by atoms with Crippen LogP contribution in [0.3, 0.4) is 0 Å². The van der Waals surface area contributed by atoms with E-state index >= 15 is 0 Å². The molecule has 9 heteroatoms. The lowest BCUT2D eigenvalue weighted by molar-refractivity contribution is 1.15. The van der Waals surface area contributed by atoms with Crippen LogP contribution in [0.1, 0.15) is 0 Å². The lowest BCUT2D eigenvalue weighted by Gasteiger charge is -2.33. The summed E-state index contributed by atoms with van der Waals surface area (Å²) in [6, 6.07) is 70.4. The van der Waals surface area contributed by atoms with E-state index in [-0.39, 0.29) is 20.1 Å². The van der Waals surface area contributed by atoms with Gasteiger partial charge in [-0.2, -0.15) is 0 Å². The van der Waals surface area contributed by atoms with Gasteiger partial charge in [-0.3, -0.25) is 0 Å². The zero-order valence-corrected chi connectivity index (χ0v) is 39.1. The summed E-state index contributed by atoms with van der Waals surface area (Å²) in [5, 5.41) is 8.04. The average molecular weight is 922 g/mol. The summed E-state index contributed by atoms with van der Waals surface area (Å²) in [5.74, 6) is 0. The van der Waals surface area contributed by atoms with Gasteiger partial charge in [0.1, 0.15) is 0 Å². The molecule has 0 aliphatic carbocycles. The maximum Gasteiger partial charge on any atom is 0.249 e. The SMILES string of the molecule is c1ccc2c(c1)Sc1cccc3c1B2c1cccc2c4c5c6ccc7c8c6n(c5c5c(c6ccc9c%10c6n5-c5ccccc5B%10c5ccccc5S9)c4n-3c12)-c1ccccc1B8c1ccccc1S7. The van der Waals surface area contributed by atoms with Crippen molar-refractivity contribution in [2.75, 3.05) is 0 Å². The van der Waals surface area contributed by atoms with E-state index in [0.717, 1.165) is 0 Å². The van der Waals surface area contributed by atoms with Crippen LogP contribution < -0.4 is 49.2 Å². The number of hydrogen-bond acceptors (Lipinski definition) is 3. The molecule has 0 saturated heterocycles. The van der Waals surface area contributed by atoms with Gasteiger partial charge in [0.05, 0.1) is 27.6 Å². The van der Waals surface area contributed by atoms with Crippen LogP contribution in [0.4, 0.5) is 0 Å². The molecule has 0 amide bonds. The van der Waals surface area contributed by atoms with Gasteiger partial charge >= 0.3 is 0 Å². The minimum Gasteiger partial charge on any atom is -0.309 e. The van der Waals surface area contributed by atoms with E-state index in [1.807, 2.05) is 35.3 Å². The van der Waals surface area contributed by atoms with Gasteiger partial charge in [-0.1, -0.05) is 179 Å². The fourth-order valence-corrected chi connectivity index (χ4v) is 17.9. The van der Waals surface area contributed by atoms with E-state index in [2.05, 4.69) is 196 Å². The fraction of sp³-hybridized carbons (Fsp3) is 0. The normalized spacial score (nSPS) is 14.7. The monoisotopic (exact) mass is 921 g/mol. The Balaban J connectivity index is 1.11. The van der Waals surface area contributed by atoms with Crippen molar-refractivity contribution in [3.63, 3.8) is 0 Å². The minimum atomic E-state index is 0.130. The smallest absolute Gasteiger partial charge is 0.249 e. The minimum absolute atomic E-state index is 0.130. The topological polar surface area (TPSA) is 14.8 Å². The molecule has 3 aromatic heterocycles. The summed E-state index contributed by atoms with van der Waals surface area (Å²) in [7, 11) is 0. The summed E-state index contributed by atoms with van der Waals surface area (Å²) in [6.07, 6.45) is 0. The molecule has 0 atom stereocenters. The molecule has 6 aliphatic heterocycles. The molecule has 19 rings (SSSR count). The van der Waals surface area contributed by atoms with Crippen LogP contribution in [0.2, 0.25) is 0 Å². The van der Waals surface area contributed by atoms with Gasteiger partial charge in [0, 0.05) is 84.3 Å². The Hall–Kier alpha value is -7.16. The summed E-state index contributed by atoms with van der Waals surface area (Å²) < 4.78 is 8.22. The van der Waals surface area contributed by atoms with E-state index in [1.54, 1.807) is 0 Å². The number of fused-ring (bicyclic) bond motifs is 26. The maximum atomic E-state index is 2.74. The molecule has 0 spiro atoms. The van der Waals surface area contributed by atoms with Gasteiger partial charge < -0.3 is 13.7 Å². The molecule has 0 saturated carbocycles. The molecule has 3 nitrogen and oxygen atoms in total. The van der Waals surface area contributed by atoms with Crippen LogP contribution in [0.5, 0.6) is 0 Å². The first-order valence-electron chi connectivity index (χ1n) is 24.0. The van der Waals surface area contributed by atoms with Crippen LogP contribution in [-0.4, -0.2) is 33.8 Å². The third-order valence-electron chi connectivity index (χ3n) is 16.8. The van der Waals surface area contributed by atoms with Crippen molar-refractivity contribution >= 4 is 170 Å². The Morgan fingerprint density at radius 1 is 0.246 bits per heavy atom. The molecule has 0 N–H and O–H groups in total. The van der Waals surface area contributed by atoms with Gasteiger partial charge in [0.15, 0.2) is 0 Å². The first-order chi connectivity index (χ1) is 34.3. The van der Waals surface area contributed by atoms with Crippen LogP contribution in [0, 0.1) is 0 Å². The second kappa shape index (κ2) is 12.2. The lowest BCUT2D eigenvalue weighted by Crippen LogP contribution is -2.58. The number of benzene rings is 10. The third kappa shape index (κ3) is 3.99. The summed E-state index contributed by atoms with van der Waals surface area (Å²) in [6.45, 7) is 0.405. The molecular formula is C60H30B3N3S3. The molecule has 9 heterocycles. The quantitative estimate of drug-likeness (QED) is 0.142. The van der Waals surface area contributed by atoms with Gasteiger partial charge in [-0.05, 0) is 87.4 Å². The van der Waals surface area contributed by atoms with E-state index in [1.165, 1.54) is 161 Å². The van der Waals surface area contributed by atoms with Crippen molar-refractivity contribution in [2.24, 2.45) is 0 Å². The van der Waals surface area contributed by atoms with Crippen molar-refractivity contribution < 1.29 is 0 Å². The summed E-state index contributed by atoms with van der Waals surface area (Å²) in [4.78, 5) is 8.14. The van der Waals surface area contributed by atoms with Gasteiger partial charge in [0.2, 0.25) is 20.1 Å². The van der Waals surface area contributed by atoms with Crippen LogP contribution in [0.25, 0.3) is 82.5 Å². The third-order valence-corrected chi connectivity index (χ3v) is 20.3. The summed E-state index contributed by atoms with van der Waals surface area (Å²) >= 11 is 5.82. The van der Waals surface area contributed by atoms with Crippen LogP contribution >= 0.6 is 35.3 Å². The molecule has 6 aliphatic rings. The van der Waals surface area contributed by atoms with Crippen LogP contribution in [-0.2, 0) is 0 Å². The molecule has 312 valence electrons. The molecule has 10 aromatic carbocycles. The van der Waals surface area contributed by atoms with Gasteiger partial charge in [-0.15, -0.1) is 0 Å². The van der Waals surface area contributed by atoms with Crippen molar-refractivity contribution in [3.8, 4) is 17.1 Å². The van der Waals surface area contributed by atoms with E-state index < -0.39 is 0 Å². The molecular weight excluding hydrogens is 891 g/mol. The molecule has 13 aromatic rings. The number of aromatic nitrogens is 3. The number of hydrogen-bond donors (Lipinski definition) is 0. The standard InChI is InChI=1S/C60H30B3N3S3/c1-6-20-40-34(14-1)61-36-16-3-8-23-43(36)68-47-29-27-32-50-49-31-13-11-19-39-55(31)66(42-22-12-26-46-52(42)63(39)38-18-5-10-25-45(38)67-46)58(49)51-33-28-30-48-54-57(33)65(60(51)59(50)64(40)56(32)53(47)61)41-21-7-2-15-35(41)62(54)37-17-4-9-24-44(37)69-48/h1-30H. The Kier molecular flexibility index (Phi) is 6.33. The van der Waals surface area contributed by atoms with Crippen LogP contribution in [0.15, 0.2) is 211 Å². The lowest BCUT2D eigenvalue weighted by atomic mass is 9.35. The zero-order valence-electron chi connectivity index (χ0n) is 36.6. The molecule has 0 fully saturated rings. The first kappa shape index (κ1) is 35.9. The van der Waals surface area contributed by atoms with Gasteiger partial charge in [-0.25, -0.2) is 0 Å². The second-order valence-electron chi connectivity index (χ2n) is 19.7. The van der Waals surface area contributed by atoms with Gasteiger partial charge in [0.25, 0.3) is 0 Å². The number of para-hydroxylation sites is 3. The second-order valence-corrected chi connectivity index (χ2v) is 22.9. The predicted octanol–water partition coefficient (Wildman–Crippen LogP) is 8.86. The van der Waals surface area contributed by atoms with E-state index in [9.17, 15) is 0 Å². The Labute approximate surface area is 409 Å². The highest BCUT2D eigenvalue weighted by molar-refractivity contribution is 8.00. The highest BCUT2D eigenvalue weighted by atomic mass is 32.2. The van der Waals surface area contributed by atoms with Crippen molar-refractivity contribution in [3.05, 3.63) is 182 Å². The average Bonchev–Trinajstić information content (AvgIpc) is 4.06. The highest BCUT2D eigenvalue weighted by Crippen LogP contribution is 2.53. The maximum absolute atomic E-state index is 2.74.